The number of rotatable bonds is 5. The molecule has 2 aromatic carbocycles. The molecule has 0 spiro atoms. The maximum absolute atomic E-state index is 12.8. The molecule has 10 heteroatoms. The summed E-state index contributed by atoms with van der Waals surface area (Å²) < 4.78 is 69.0. The van der Waals surface area contributed by atoms with Crippen LogP contribution in [-0.2, 0) is 11.2 Å². The lowest BCUT2D eigenvalue weighted by Crippen LogP contribution is -2.27. The number of benzene rings is 2. The molecule has 4 nitrogen and oxygen atoms in total. The van der Waals surface area contributed by atoms with E-state index in [9.17, 15) is 29.3 Å². The molecule has 162 valence electrons. The topological polar surface area (TPSA) is 58.6 Å². The van der Waals surface area contributed by atoms with Crippen LogP contribution in [0.4, 0.5) is 29.9 Å². The van der Waals surface area contributed by atoms with E-state index in [4.69, 9.17) is 4.74 Å². The van der Waals surface area contributed by atoms with Gasteiger partial charge in [-0.2, -0.15) is 0 Å². The summed E-state index contributed by atoms with van der Waals surface area (Å²) in [5.41, 5.74) is 0.291. The average molecular weight is 439 g/mol. The lowest BCUT2D eigenvalue weighted by atomic mass is 10.0. The van der Waals surface area contributed by atoms with Gasteiger partial charge in [0.15, 0.2) is 0 Å². The highest BCUT2D eigenvalue weighted by Gasteiger charge is 2.65. The Kier molecular flexibility index (Phi) is 5.44. The van der Waals surface area contributed by atoms with Crippen molar-refractivity contribution in [2.24, 2.45) is 0 Å². The minimum atomic E-state index is -9.72. The Morgan fingerprint density at radius 3 is 2.17 bits per heavy atom. The van der Waals surface area contributed by atoms with Crippen LogP contribution in [0.1, 0.15) is 38.0 Å². The van der Waals surface area contributed by atoms with Crippen molar-refractivity contribution in [1.82, 2.24) is 0 Å². The molecule has 0 aliphatic rings. The van der Waals surface area contributed by atoms with Gasteiger partial charge in [0.25, 0.3) is 0 Å². The first-order chi connectivity index (χ1) is 12.9. The molecule has 0 saturated carbocycles. The Balaban J connectivity index is 2.10. The quantitative estimate of drug-likeness (QED) is 0.495. The van der Waals surface area contributed by atoms with Gasteiger partial charge in [0.2, 0.25) is 0 Å². The van der Waals surface area contributed by atoms with Crippen LogP contribution in [-0.4, -0.2) is 16.8 Å². The van der Waals surface area contributed by atoms with Crippen LogP contribution in [0.2, 0.25) is 0 Å². The standard InChI is InChI=1S/C19H22F5NO3S/c1-19(2,3)28-18(27)25-15-6-4-5-14(12-15)17(26)11-13-7-9-16(10-8-13)29(20,21,22,23)24/h4-10,12,17,26H,11H2,1-3H3,(H,25,27)/t17-/m0/s1. The monoisotopic (exact) mass is 439 g/mol. The molecule has 2 rings (SSSR count). The first kappa shape index (κ1) is 23.0. The van der Waals surface area contributed by atoms with Crippen molar-refractivity contribution in [2.75, 3.05) is 5.32 Å². The summed E-state index contributed by atoms with van der Waals surface area (Å²) in [4.78, 5) is 9.84. The molecule has 0 heterocycles. The Morgan fingerprint density at radius 2 is 1.66 bits per heavy atom. The number of nitrogens with one attached hydrogen (secondary N) is 1. The van der Waals surface area contributed by atoms with E-state index < -0.39 is 32.9 Å². The van der Waals surface area contributed by atoms with Crippen molar-refractivity contribution in [2.45, 2.75) is 43.8 Å². The van der Waals surface area contributed by atoms with Crippen LogP contribution >= 0.6 is 10.2 Å². The number of hydrogen-bond acceptors (Lipinski definition) is 3. The molecule has 0 fully saturated rings. The molecule has 0 radical (unpaired) electrons. The Bertz CT molecular complexity index is 893. The Morgan fingerprint density at radius 1 is 1.07 bits per heavy atom. The predicted octanol–water partition coefficient (Wildman–Crippen LogP) is 6.97. The first-order valence-corrected chi connectivity index (χ1v) is 10.5. The molecule has 1 amide bonds. The largest absolute Gasteiger partial charge is 0.444 e. The van der Waals surface area contributed by atoms with Gasteiger partial charge in [-0.1, -0.05) is 43.7 Å². The summed E-state index contributed by atoms with van der Waals surface area (Å²) in [6, 6.07) is 8.62. The van der Waals surface area contributed by atoms with Gasteiger partial charge in [0.05, 0.1) is 6.10 Å². The summed E-state index contributed by atoms with van der Waals surface area (Å²) >= 11 is 0. The third-order valence-corrected chi connectivity index (χ3v) is 4.88. The van der Waals surface area contributed by atoms with Crippen molar-refractivity contribution in [3.8, 4) is 0 Å². The molecule has 0 saturated heterocycles. The fraction of sp³-hybridized carbons (Fsp3) is 0.316. The van der Waals surface area contributed by atoms with Gasteiger partial charge in [-0.3, -0.25) is 5.32 Å². The number of carbonyl (C=O) groups is 1. The Hall–Kier alpha value is -2.33. The number of ether oxygens (including phenoxy) is 1. The highest BCUT2D eigenvalue weighted by molar-refractivity contribution is 8.45. The van der Waals surface area contributed by atoms with Gasteiger partial charge >= 0.3 is 16.3 Å². The predicted molar refractivity (Wildman–Crippen MR) is 103 cm³/mol. The fourth-order valence-corrected chi connectivity index (χ4v) is 3.12. The van der Waals surface area contributed by atoms with E-state index in [-0.39, 0.29) is 12.0 Å². The minimum Gasteiger partial charge on any atom is -0.444 e. The molecule has 2 N–H and O–H groups in total. The smallest absolute Gasteiger partial charge is 0.412 e. The zero-order chi connectivity index (χ0) is 22.2. The van der Waals surface area contributed by atoms with Crippen molar-refractivity contribution in [1.29, 1.82) is 0 Å². The zero-order valence-corrected chi connectivity index (χ0v) is 16.8. The molecule has 0 aromatic heterocycles. The van der Waals surface area contributed by atoms with Crippen LogP contribution in [0.25, 0.3) is 0 Å². The lowest BCUT2D eigenvalue weighted by Gasteiger charge is -2.40. The minimum absolute atomic E-state index is 0.101. The highest BCUT2D eigenvalue weighted by Crippen LogP contribution is 3.02. The molecule has 1 atom stereocenters. The molecular formula is C19H22F5NO3S. The number of carbonyl (C=O) groups excluding carboxylic acids is 1. The lowest BCUT2D eigenvalue weighted by molar-refractivity contribution is 0.0635. The van der Waals surface area contributed by atoms with Gasteiger partial charge in [-0.25, -0.2) is 4.79 Å². The van der Waals surface area contributed by atoms with Crippen molar-refractivity contribution >= 4 is 22.0 Å². The van der Waals surface area contributed by atoms with Crippen LogP contribution in [0, 0.1) is 0 Å². The van der Waals surface area contributed by atoms with Crippen LogP contribution in [0.15, 0.2) is 53.4 Å². The first-order valence-electron chi connectivity index (χ1n) is 8.54. The van der Waals surface area contributed by atoms with Crippen molar-refractivity contribution in [3.05, 3.63) is 59.7 Å². The highest BCUT2D eigenvalue weighted by atomic mass is 32.5. The van der Waals surface area contributed by atoms with Gasteiger partial charge in [-0.15, -0.1) is 0 Å². The number of hydrogen-bond donors (Lipinski definition) is 2. The second kappa shape index (κ2) is 6.88. The maximum atomic E-state index is 12.8. The second-order valence-corrected chi connectivity index (χ2v) is 9.99. The summed E-state index contributed by atoms with van der Waals surface area (Å²) in [6.07, 6.45) is -1.91. The van der Waals surface area contributed by atoms with Crippen LogP contribution in [0.3, 0.4) is 0 Å². The zero-order valence-electron chi connectivity index (χ0n) is 16.0. The number of anilines is 1. The van der Waals surface area contributed by atoms with Crippen LogP contribution < -0.4 is 5.32 Å². The van der Waals surface area contributed by atoms with E-state index in [1.807, 2.05) is 0 Å². The van der Waals surface area contributed by atoms with Gasteiger partial charge < -0.3 is 9.84 Å². The molecule has 29 heavy (non-hydrogen) atoms. The maximum Gasteiger partial charge on any atom is 0.412 e. The molecule has 0 aliphatic heterocycles. The SMILES string of the molecule is CC(C)(C)OC(=O)Nc1cccc([C@@H](O)Cc2ccc(S(F)(F)(F)(F)F)cc2)c1. The van der Waals surface area contributed by atoms with E-state index >= 15 is 0 Å². The fourth-order valence-electron chi connectivity index (χ4n) is 2.47. The number of amides is 1. The average Bonchev–Trinajstić information content (AvgIpc) is 2.51. The Labute approximate surface area is 165 Å². The third kappa shape index (κ3) is 7.21. The van der Waals surface area contributed by atoms with E-state index in [1.165, 1.54) is 6.07 Å². The molecule has 0 unspecified atom stereocenters. The molecular weight excluding hydrogens is 417 g/mol. The van der Waals surface area contributed by atoms with Crippen molar-refractivity contribution in [3.63, 3.8) is 0 Å². The van der Waals surface area contributed by atoms with Gasteiger partial charge in [-0.05, 0) is 56.2 Å². The summed E-state index contributed by atoms with van der Waals surface area (Å²) in [6.45, 7) is 5.11. The molecule has 0 bridgehead atoms. The van der Waals surface area contributed by atoms with E-state index in [2.05, 4.69) is 5.32 Å². The molecule has 0 aliphatic carbocycles. The molecule has 2 aromatic rings. The normalized spacial score (nSPS) is 15.8. The summed E-state index contributed by atoms with van der Waals surface area (Å²) in [5.74, 6) is 0. The number of aliphatic hydroxyl groups is 1. The third-order valence-electron chi connectivity index (χ3n) is 3.71. The summed E-state index contributed by atoms with van der Waals surface area (Å²) in [5, 5.41) is 12.9. The van der Waals surface area contributed by atoms with E-state index in [0.29, 0.717) is 23.4 Å². The summed E-state index contributed by atoms with van der Waals surface area (Å²) in [7, 11) is -9.72. The number of aliphatic hydroxyl groups excluding tert-OH is 1. The van der Waals surface area contributed by atoms with Crippen molar-refractivity contribution < 1.29 is 34.1 Å². The van der Waals surface area contributed by atoms with E-state index in [0.717, 1.165) is 12.1 Å². The van der Waals surface area contributed by atoms with E-state index in [1.54, 1.807) is 39.0 Å². The van der Waals surface area contributed by atoms with Crippen LogP contribution in [0.5, 0.6) is 0 Å². The second-order valence-electron chi connectivity index (χ2n) is 7.59. The van der Waals surface area contributed by atoms with Gasteiger partial charge in [0.1, 0.15) is 10.5 Å². The van der Waals surface area contributed by atoms with Gasteiger partial charge in [0, 0.05) is 12.1 Å². The number of halogens is 5.